The van der Waals surface area contributed by atoms with Gasteiger partial charge in [0, 0.05) is 35.9 Å². The predicted octanol–water partition coefficient (Wildman–Crippen LogP) is 3.92. The van der Waals surface area contributed by atoms with E-state index in [1.54, 1.807) is 19.1 Å². The van der Waals surface area contributed by atoms with Crippen LogP contribution in [0.25, 0.3) is 0 Å². The molecule has 3 rings (SSSR count). The zero-order valence-electron chi connectivity index (χ0n) is 17.4. The van der Waals surface area contributed by atoms with Gasteiger partial charge < -0.3 is 19.3 Å². The van der Waals surface area contributed by atoms with Gasteiger partial charge in [0.15, 0.2) is 17.3 Å². The molecular formula is C22H26BrNO6. The Bertz CT molecular complexity index is 907. The maximum Gasteiger partial charge on any atom is 0.315 e. The Labute approximate surface area is 184 Å². The van der Waals surface area contributed by atoms with Gasteiger partial charge in [0.1, 0.15) is 12.5 Å². The largest absolute Gasteiger partial charge is 0.503 e. The molecule has 0 radical (unpaired) electrons. The lowest BCUT2D eigenvalue weighted by molar-refractivity contribution is -0.148. The Hall–Kier alpha value is -2.19. The Morgan fingerprint density at radius 2 is 2.07 bits per heavy atom. The molecule has 30 heavy (non-hydrogen) atoms. The van der Waals surface area contributed by atoms with Crippen LogP contribution in [-0.4, -0.2) is 49.5 Å². The fraction of sp³-hybridized carbons (Fsp3) is 0.500. The number of phenolic OH excluding ortho intramolecular Hbond substituents is 1. The third kappa shape index (κ3) is 4.44. The van der Waals surface area contributed by atoms with Crippen molar-refractivity contribution in [2.45, 2.75) is 39.0 Å². The van der Waals surface area contributed by atoms with Crippen molar-refractivity contribution in [2.75, 3.05) is 26.9 Å². The summed E-state index contributed by atoms with van der Waals surface area (Å²) < 4.78 is 16.4. The van der Waals surface area contributed by atoms with Crippen molar-refractivity contribution in [1.29, 1.82) is 0 Å². The van der Waals surface area contributed by atoms with Crippen molar-refractivity contribution >= 4 is 33.4 Å². The van der Waals surface area contributed by atoms with Crippen LogP contribution in [0.2, 0.25) is 0 Å². The molecule has 0 bridgehead atoms. The van der Waals surface area contributed by atoms with E-state index in [2.05, 4.69) is 20.9 Å². The molecule has 0 spiro atoms. The Kier molecular flexibility index (Phi) is 7.31. The second kappa shape index (κ2) is 9.75. The van der Waals surface area contributed by atoms with Crippen molar-refractivity contribution in [2.24, 2.45) is 10.9 Å². The molecule has 162 valence electrons. The van der Waals surface area contributed by atoms with E-state index in [1.165, 1.54) is 7.11 Å². The molecule has 0 amide bonds. The third-order valence-electron chi connectivity index (χ3n) is 5.39. The molecule has 0 fully saturated rings. The van der Waals surface area contributed by atoms with E-state index >= 15 is 0 Å². The molecule has 1 aromatic carbocycles. The summed E-state index contributed by atoms with van der Waals surface area (Å²) in [5.41, 5.74) is 2.58. The van der Waals surface area contributed by atoms with Gasteiger partial charge in [0.05, 0.1) is 18.2 Å². The molecule has 1 N–H and O–H groups in total. The van der Waals surface area contributed by atoms with Crippen LogP contribution in [-0.2, 0) is 19.1 Å². The molecule has 1 aliphatic heterocycles. The van der Waals surface area contributed by atoms with Gasteiger partial charge in [-0.15, -0.1) is 0 Å². The highest BCUT2D eigenvalue weighted by atomic mass is 79.9. The number of hydrogen-bond donors (Lipinski definition) is 1. The van der Waals surface area contributed by atoms with Crippen molar-refractivity contribution in [3.8, 4) is 11.5 Å². The van der Waals surface area contributed by atoms with E-state index in [9.17, 15) is 14.7 Å². The number of phenols is 1. The fourth-order valence-corrected chi connectivity index (χ4v) is 4.50. The molecule has 0 saturated carbocycles. The molecular weight excluding hydrogens is 454 g/mol. The summed E-state index contributed by atoms with van der Waals surface area (Å²) >= 11 is 3.34. The number of hydrogen-bond acceptors (Lipinski definition) is 7. The zero-order valence-corrected chi connectivity index (χ0v) is 19.0. The van der Waals surface area contributed by atoms with Crippen molar-refractivity contribution in [3.05, 3.63) is 33.4 Å². The molecule has 7 nitrogen and oxygen atoms in total. The highest BCUT2D eigenvalue weighted by molar-refractivity contribution is 9.10. The first kappa shape index (κ1) is 22.5. The Morgan fingerprint density at radius 3 is 2.77 bits per heavy atom. The van der Waals surface area contributed by atoms with Gasteiger partial charge in [0.25, 0.3) is 0 Å². The van der Waals surface area contributed by atoms with Crippen LogP contribution in [0, 0.1) is 5.92 Å². The molecule has 2 atom stereocenters. The van der Waals surface area contributed by atoms with Gasteiger partial charge in [0.2, 0.25) is 0 Å². The van der Waals surface area contributed by atoms with E-state index in [1.807, 2.05) is 6.92 Å². The van der Waals surface area contributed by atoms with Crippen LogP contribution in [0.4, 0.5) is 0 Å². The summed E-state index contributed by atoms with van der Waals surface area (Å²) in [6.07, 6.45) is 1.86. The number of allylic oxidation sites excluding steroid dienone is 2. The van der Waals surface area contributed by atoms with Crippen molar-refractivity contribution in [3.63, 3.8) is 0 Å². The number of aromatic hydroxyl groups is 1. The number of Topliss-reactive ketones (excluding diaryl/α,β-unsaturated/α-hetero) is 1. The fourth-order valence-electron chi connectivity index (χ4n) is 4.04. The molecule has 1 unspecified atom stereocenters. The monoisotopic (exact) mass is 479 g/mol. The van der Waals surface area contributed by atoms with Crippen LogP contribution in [0.1, 0.15) is 44.6 Å². The van der Waals surface area contributed by atoms with Gasteiger partial charge in [-0.1, -0.05) is 0 Å². The minimum atomic E-state index is -0.742. The number of carbonyl (C=O) groups is 2. The first-order valence-electron chi connectivity index (χ1n) is 10.0. The van der Waals surface area contributed by atoms with Gasteiger partial charge in [-0.25, -0.2) is 0 Å². The average Bonchev–Trinajstić information content (AvgIpc) is 2.72. The first-order valence-corrected chi connectivity index (χ1v) is 10.8. The summed E-state index contributed by atoms with van der Waals surface area (Å²) in [5, 5.41) is 10.2. The van der Waals surface area contributed by atoms with Crippen LogP contribution < -0.4 is 4.74 Å². The molecule has 1 aliphatic carbocycles. The minimum Gasteiger partial charge on any atom is -0.503 e. The molecule has 2 aliphatic rings. The molecule has 0 saturated heterocycles. The van der Waals surface area contributed by atoms with Crippen molar-refractivity contribution < 1.29 is 28.9 Å². The van der Waals surface area contributed by atoms with E-state index in [4.69, 9.17) is 14.2 Å². The van der Waals surface area contributed by atoms with Crippen LogP contribution >= 0.6 is 15.9 Å². The number of nitrogens with zero attached hydrogens (tertiary/aromatic N) is 1. The van der Waals surface area contributed by atoms with E-state index < -0.39 is 17.8 Å². The number of benzene rings is 1. The number of esters is 1. The number of aliphatic imine (C=N–C) groups is 1. The zero-order chi connectivity index (χ0) is 21.8. The van der Waals surface area contributed by atoms with Gasteiger partial charge >= 0.3 is 5.97 Å². The summed E-state index contributed by atoms with van der Waals surface area (Å²) in [7, 11) is 1.45. The highest BCUT2D eigenvalue weighted by Gasteiger charge is 2.43. The SMILES string of the molecule is CCOCCOC(=O)C1C(C)=NC2=C(C(=O)CCC2)[C@@H]1c1cc(Br)c(O)c(OC)c1. The lowest BCUT2D eigenvalue weighted by Gasteiger charge is -2.34. The van der Waals surface area contributed by atoms with Crippen LogP contribution in [0.15, 0.2) is 32.9 Å². The summed E-state index contributed by atoms with van der Waals surface area (Å²) in [5.74, 6) is -1.54. The summed E-state index contributed by atoms with van der Waals surface area (Å²) in [4.78, 5) is 30.6. The smallest absolute Gasteiger partial charge is 0.315 e. The molecule has 1 aromatic rings. The lowest BCUT2D eigenvalue weighted by Crippen LogP contribution is -2.37. The van der Waals surface area contributed by atoms with Gasteiger partial charge in [-0.05, 0) is 60.3 Å². The van der Waals surface area contributed by atoms with E-state index in [-0.39, 0.29) is 23.9 Å². The predicted molar refractivity (Wildman–Crippen MR) is 115 cm³/mol. The number of halogens is 1. The highest BCUT2D eigenvalue weighted by Crippen LogP contribution is 2.46. The number of ketones is 1. The topological polar surface area (TPSA) is 94.4 Å². The Morgan fingerprint density at radius 1 is 1.30 bits per heavy atom. The van der Waals surface area contributed by atoms with Crippen molar-refractivity contribution in [1.82, 2.24) is 0 Å². The van der Waals surface area contributed by atoms with E-state index in [0.717, 1.165) is 12.1 Å². The third-order valence-corrected chi connectivity index (χ3v) is 6.00. The van der Waals surface area contributed by atoms with Crippen LogP contribution in [0.3, 0.4) is 0 Å². The minimum absolute atomic E-state index is 0.00668. The molecule has 0 aromatic heterocycles. The lowest BCUT2D eigenvalue weighted by atomic mass is 9.71. The first-order chi connectivity index (χ1) is 14.4. The molecule has 1 heterocycles. The second-order valence-electron chi connectivity index (χ2n) is 7.26. The van der Waals surface area contributed by atoms with E-state index in [0.29, 0.717) is 47.4 Å². The average molecular weight is 480 g/mol. The number of methoxy groups -OCH3 is 1. The number of ether oxygens (including phenoxy) is 3. The maximum atomic E-state index is 13.1. The van der Waals surface area contributed by atoms with Crippen LogP contribution in [0.5, 0.6) is 11.5 Å². The summed E-state index contributed by atoms with van der Waals surface area (Å²) in [6.45, 7) is 4.63. The standard InChI is InChI=1S/C22H26BrNO6/c1-4-29-8-9-30-22(27)18-12(2)24-15-6-5-7-16(25)20(15)19(18)13-10-14(23)21(26)17(11-13)28-3/h10-11,18-19,26H,4-9H2,1-3H3/t18?,19-/m1/s1. The van der Waals surface area contributed by atoms with Gasteiger partial charge in [-0.3, -0.25) is 14.6 Å². The maximum absolute atomic E-state index is 13.1. The Balaban J connectivity index is 2.06. The number of rotatable bonds is 7. The number of carbonyl (C=O) groups excluding carboxylic acids is 2. The quantitative estimate of drug-likeness (QED) is 0.470. The summed E-state index contributed by atoms with van der Waals surface area (Å²) in [6, 6.07) is 3.38. The second-order valence-corrected chi connectivity index (χ2v) is 8.12. The normalized spacial score (nSPS) is 21.2. The molecule has 8 heteroatoms. The van der Waals surface area contributed by atoms with Gasteiger partial charge in [-0.2, -0.15) is 0 Å².